The molecule has 5 aromatic rings. The molecule has 0 radical (unpaired) electrons. The van der Waals surface area contributed by atoms with Crippen LogP contribution in [0.4, 0.5) is 0 Å². The van der Waals surface area contributed by atoms with Crippen LogP contribution in [-0.2, 0) is 12.8 Å². The lowest BCUT2D eigenvalue weighted by molar-refractivity contribution is 0.739. The van der Waals surface area contributed by atoms with Gasteiger partial charge in [-0.2, -0.15) is 10.2 Å². The van der Waals surface area contributed by atoms with Gasteiger partial charge in [-0.1, -0.05) is 24.3 Å². The fourth-order valence-corrected chi connectivity index (χ4v) is 4.19. The van der Waals surface area contributed by atoms with E-state index in [0.717, 1.165) is 52.4 Å². The quantitative estimate of drug-likeness (QED) is 0.465. The first-order valence-corrected chi connectivity index (χ1v) is 9.72. The molecule has 6 heteroatoms. The van der Waals surface area contributed by atoms with E-state index in [4.69, 9.17) is 10.1 Å². The number of para-hydroxylation sites is 1. The molecule has 0 bridgehead atoms. The van der Waals surface area contributed by atoms with Gasteiger partial charge in [-0.25, -0.2) is 14.2 Å². The molecule has 5 heterocycles. The number of fused-ring (bicyclic) bond motifs is 4. The van der Waals surface area contributed by atoms with Gasteiger partial charge in [-0.15, -0.1) is 0 Å². The smallest absolute Gasteiger partial charge is 0.155 e. The topological polar surface area (TPSA) is 60.9 Å². The van der Waals surface area contributed by atoms with Crippen molar-refractivity contribution in [1.82, 2.24) is 29.4 Å². The molecule has 0 fully saturated rings. The first kappa shape index (κ1) is 16.2. The zero-order valence-electron chi connectivity index (χ0n) is 15.9. The number of aromatic nitrogens is 6. The van der Waals surface area contributed by atoms with Gasteiger partial charge in [0.1, 0.15) is 12.0 Å². The van der Waals surface area contributed by atoms with E-state index in [2.05, 4.69) is 45.1 Å². The summed E-state index contributed by atoms with van der Waals surface area (Å²) in [5.41, 5.74) is 9.47. The van der Waals surface area contributed by atoms with Crippen molar-refractivity contribution in [3.8, 4) is 28.2 Å². The normalized spacial score (nSPS) is 12.7. The van der Waals surface area contributed by atoms with Crippen molar-refractivity contribution in [2.45, 2.75) is 19.8 Å². The lowest BCUT2D eigenvalue weighted by atomic mass is 9.95. The van der Waals surface area contributed by atoms with Gasteiger partial charge in [-0.05, 0) is 55.7 Å². The lowest BCUT2D eigenvalue weighted by Gasteiger charge is -2.18. The van der Waals surface area contributed by atoms with E-state index >= 15 is 0 Å². The highest BCUT2D eigenvalue weighted by atomic mass is 15.3. The maximum absolute atomic E-state index is 5.06. The average Bonchev–Trinajstić information content (AvgIpc) is 3.37. The summed E-state index contributed by atoms with van der Waals surface area (Å²) in [6.45, 7) is 2.01. The molecule has 4 aromatic heterocycles. The highest BCUT2D eigenvalue weighted by Crippen LogP contribution is 2.38. The largest absolute Gasteiger partial charge is 0.251 e. The van der Waals surface area contributed by atoms with Crippen LogP contribution in [0.1, 0.15) is 17.0 Å². The molecular formula is C23H18N6. The van der Waals surface area contributed by atoms with Gasteiger partial charge in [0.15, 0.2) is 5.65 Å². The minimum atomic E-state index is 0.829. The molecule has 140 valence electrons. The van der Waals surface area contributed by atoms with Crippen molar-refractivity contribution < 1.29 is 0 Å². The standard InChI is InChI=1S/C23H18N6/c1-15-5-4-7-18(26-15)23-22(17-10-12-21-24-14-25-28(21)13-17)20-11-9-16-6-2-3-8-19(16)29(20)27-23/h2-8,10,12-14H,9,11H2,1H3. The second-order valence-corrected chi connectivity index (χ2v) is 7.36. The van der Waals surface area contributed by atoms with Crippen LogP contribution in [0.25, 0.3) is 33.8 Å². The van der Waals surface area contributed by atoms with Crippen LogP contribution in [0, 0.1) is 6.92 Å². The van der Waals surface area contributed by atoms with E-state index in [9.17, 15) is 0 Å². The van der Waals surface area contributed by atoms with E-state index < -0.39 is 0 Å². The predicted octanol–water partition coefficient (Wildman–Crippen LogP) is 4.05. The van der Waals surface area contributed by atoms with Crippen LogP contribution in [0.3, 0.4) is 0 Å². The summed E-state index contributed by atoms with van der Waals surface area (Å²) >= 11 is 0. The van der Waals surface area contributed by atoms with Crippen LogP contribution in [-0.4, -0.2) is 29.4 Å². The Labute approximate surface area is 167 Å². The SMILES string of the molecule is Cc1cccc(-c2nn3c(c2-c2ccc4ncnn4c2)CCc2ccccc2-3)n1. The summed E-state index contributed by atoms with van der Waals surface area (Å²) in [6.07, 6.45) is 5.54. The van der Waals surface area contributed by atoms with Crippen LogP contribution in [0.2, 0.25) is 0 Å². The van der Waals surface area contributed by atoms with Gasteiger partial charge in [0, 0.05) is 23.0 Å². The first-order chi connectivity index (χ1) is 14.3. The molecule has 0 atom stereocenters. The summed E-state index contributed by atoms with van der Waals surface area (Å²) in [5.74, 6) is 0. The highest BCUT2D eigenvalue weighted by molar-refractivity contribution is 5.82. The minimum Gasteiger partial charge on any atom is -0.251 e. The maximum atomic E-state index is 5.06. The summed E-state index contributed by atoms with van der Waals surface area (Å²) < 4.78 is 3.91. The van der Waals surface area contributed by atoms with Gasteiger partial charge in [0.05, 0.1) is 17.1 Å². The molecule has 6 rings (SSSR count). The Morgan fingerprint density at radius 1 is 0.931 bits per heavy atom. The molecule has 0 saturated heterocycles. The van der Waals surface area contributed by atoms with Gasteiger partial charge in [0.2, 0.25) is 0 Å². The zero-order chi connectivity index (χ0) is 19.4. The Morgan fingerprint density at radius 2 is 1.86 bits per heavy atom. The molecule has 29 heavy (non-hydrogen) atoms. The molecule has 0 saturated carbocycles. The Balaban J connectivity index is 1.66. The van der Waals surface area contributed by atoms with Crippen LogP contribution in [0.15, 0.2) is 67.1 Å². The molecule has 0 amide bonds. The van der Waals surface area contributed by atoms with Crippen molar-refractivity contribution in [1.29, 1.82) is 0 Å². The number of rotatable bonds is 2. The summed E-state index contributed by atoms with van der Waals surface area (Å²) in [6, 6.07) is 18.7. The number of pyridine rings is 2. The highest BCUT2D eigenvalue weighted by Gasteiger charge is 2.26. The number of benzene rings is 1. The molecule has 0 unspecified atom stereocenters. The first-order valence-electron chi connectivity index (χ1n) is 9.72. The van der Waals surface area contributed by atoms with E-state index in [1.807, 2.05) is 41.9 Å². The van der Waals surface area contributed by atoms with Crippen LogP contribution < -0.4 is 0 Å². The average molecular weight is 378 g/mol. The predicted molar refractivity (Wildman–Crippen MR) is 111 cm³/mol. The number of nitrogens with zero attached hydrogens (tertiary/aromatic N) is 6. The third kappa shape index (κ3) is 2.49. The fourth-order valence-electron chi connectivity index (χ4n) is 4.19. The van der Waals surface area contributed by atoms with Gasteiger partial charge < -0.3 is 0 Å². The van der Waals surface area contributed by atoms with Crippen molar-refractivity contribution in [2.75, 3.05) is 0 Å². The fraction of sp³-hybridized carbons (Fsp3) is 0.130. The van der Waals surface area contributed by atoms with Crippen molar-refractivity contribution in [3.63, 3.8) is 0 Å². The summed E-state index contributed by atoms with van der Waals surface area (Å²) in [5, 5.41) is 9.37. The Bertz CT molecular complexity index is 1380. The van der Waals surface area contributed by atoms with Gasteiger partial charge in [-0.3, -0.25) is 4.98 Å². The monoisotopic (exact) mass is 378 g/mol. The van der Waals surface area contributed by atoms with Crippen molar-refractivity contribution >= 4 is 5.65 Å². The van der Waals surface area contributed by atoms with Crippen molar-refractivity contribution in [2.24, 2.45) is 0 Å². The number of hydrogen-bond acceptors (Lipinski definition) is 4. The van der Waals surface area contributed by atoms with E-state index in [0.29, 0.717) is 0 Å². The second kappa shape index (κ2) is 6.10. The Morgan fingerprint density at radius 3 is 2.79 bits per heavy atom. The molecule has 1 aromatic carbocycles. The zero-order valence-corrected chi connectivity index (χ0v) is 15.9. The third-order valence-corrected chi connectivity index (χ3v) is 5.53. The van der Waals surface area contributed by atoms with E-state index in [-0.39, 0.29) is 0 Å². The lowest BCUT2D eigenvalue weighted by Crippen LogP contribution is -2.13. The van der Waals surface area contributed by atoms with Crippen molar-refractivity contribution in [3.05, 3.63) is 84.1 Å². The minimum absolute atomic E-state index is 0.829. The molecule has 1 aliphatic rings. The molecule has 0 spiro atoms. The Kier molecular flexibility index (Phi) is 3.41. The van der Waals surface area contributed by atoms with Gasteiger partial charge >= 0.3 is 0 Å². The molecule has 1 aliphatic heterocycles. The Hall–Kier alpha value is -3.80. The summed E-state index contributed by atoms with van der Waals surface area (Å²) in [4.78, 5) is 9.04. The third-order valence-electron chi connectivity index (χ3n) is 5.53. The second-order valence-electron chi connectivity index (χ2n) is 7.36. The molecule has 0 aliphatic carbocycles. The van der Waals surface area contributed by atoms with E-state index in [1.165, 1.54) is 11.3 Å². The van der Waals surface area contributed by atoms with E-state index in [1.54, 1.807) is 6.33 Å². The van der Waals surface area contributed by atoms with Crippen LogP contribution in [0.5, 0.6) is 0 Å². The summed E-state index contributed by atoms with van der Waals surface area (Å²) in [7, 11) is 0. The van der Waals surface area contributed by atoms with Gasteiger partial charge in [0.25, 0.3) is 0 Å². The molecular weight excluding hydrogens is 360 g/mol. The van der Waals surface area contributed by atoms with Crippen LogP contribution >= 0.6 is 0 Å². The number of hydrogen-bond donors (Lipinski definition) is 0. The number of aryl methyl sites for hydroxylation is 2. The molecule has 0 N–H and O–H groups in total. The molecule has 6 nitrogen and oxygen atoms in total. The maximum Gasteiger partial charge on any atom is 0.155 e.